The SMILES string of the molecule is Cc1ccccc1Cn1cc(NC(=O)Cn2nnc3ccccc32)cn1. The van der Waals surface area contributed by atoms with E-state index in [0.29, 0.717) is 12.2 Å². The van der Waals surface area contributed by atoms with E-state index in [9.17, 15) is 4.79 Å². The standard InChI is InChI=1S/C19H18N6O/c1-14-6-2-3-7-15(14)11-24-12-16(10-20-24)21-19(26)13-25-18-9-5-4-8-17(18)22-23-25/h2-10,12H,11,13H2,1H3,(H,21,26). The number of nitrogens with zero attached hydrogens (tertiary/aromatic N) is 5. The van der Waals surface area contributed by atoms with E-state index >= 15 is 0 Å². The van der Waals surface area contributed by atoms with Gasteiger partial charge in [-0.1, -0.05) is 41.6 Å². The molecule has 130 valence electrons. The molecular formula is C19H18N6O. The molecule has 1 N–H and O–H groups in total. The van der Waals surface area contributed by atoms with E-state index in [4.69, 9.17) is 0 Å². The Kier molecular flexibility index (Phi) is 4.18. The maximum Gasteiger partial charge on any atom is 0.246 e. The second kappa shape index (κ2) is 6.79. The highest BCUT2D eigenvalue weighted by Gasteiger charge is 2.10. The lowest BCUT2D eigenvalue weighted by Gasteiger charge is -2.05. The summed E-state index contributed by atoms with van der Waals surface area (Å²) >= 11 is 0. The first-order chi connectivity index (χ1) is 12.7. The van der Waals surface area contributed by atoms with Gasteiger partial charge in [0, 0.05) is 6.20 Å². The van der Waals surface area contributed by atoms with Crippen LogP contribution in [0.25, 0.3) is 11.0 Å². The molecule has 0 bridgehead atoms. The van der Waals surface area contributed by atoms with Gasteiger partial charge >= 0.3 is 0 Å². The Bertz CT molecular complexity index is 1060. The summed E-state index contributed by atoms with van der Waals surface area (Å²) in [6.45, 7) is 2.84. The zero-order valence-electron chi connectivity index (χ0n) is 14.3. The zero-order chi connectivity index (χ0) is 17.9. The first-order valence-corrected chi connectivity index (χ1v) is 8.34. The van der Waals surface area contributed by atoms with Gasteiger partial charge in [-0.25, -0.2) is 4.68 Å². The third-order valence-electron chi connectivity index (χ3n) is 4.22. The van der Waals surface area contributed by atoms with Gasteiger partial charge < -0.3 is 5.32 Å². The molecule has 2 aromatic carbocycles. The van der Waals surface area contributed by atoms with Crippen LogP contribution in [-0.4, -0.2) is 30.7 Å². The molecule has 0 aliphatic carbocycles. The number of benzene rings is 2. The van der Waals surface area contributed by atoms with Gasteiger partial charge in [-0.2, -0.15) is 5.10 Å². The fourth-order valence-corrected chi connectivity index (χ4v) is 2.85. The maximum absolute atomic E-state index is 12.3. The normalized spacial score (nSPS) is 11.0. The summed E-state index contributed by atoms with van der Waals surface area (Å²) in [7, 11) is 0. The monoisotopic (exact) mass is 346 g/mol. The minimum absolute atomic E-state index is 0.101. The van der Waals surface area contributed by atoms with Crippen LogP contribution in [-0.2, 0) is 17.9 Å². The lowest BCUT2D eigenvalue weighted by molar-refractivity contribution is -0.116. The first kappa shape index (κ1) is 16.0. The van der Waals surface area contributed by atoms with E-state index in [2.05, 4.69) is 39.8 Å². The molecule has 1 amide bonds. The van der Waals surface area contributed by atoms with Gasteiger partial charge in [0.2, 0.25) is 5.91 Å². The minimum atomic E-state index is -0.170. The number of anilines is 1. The average Bonchev–Trinajstić information content (AvgIpc) is 3.24. The summed E-state index contributed by atoms with van der Waals surface area (Å²) in [6, 6.07) is 15.7. The third-order valence-corrected chi connectivity index (χ3v) is 4.22. The molecule has 7 heteroatoms. The fraction of sp³-hybridized carbons (Fsp3) is 0.158. The Labute approximate surface area is 150 Å². The smallest absolute Gasteiger partial charge is 0.246 e. The van der Waals surface area contributed by atoms with E-state index in [-0.39, 0.29) is 12.5 Å². The molecule has 0 saturated heterocycles. The van der Waals surface area contributed by atoms with E-state index in [0.717, 1.165) is 11.0 Å². The number of hydrogen-bond donors (Lipinski definition) is 1. The van der Waals surface area contributed by atoms with Crippen molar-refractivity contribution >= 4 is 22.6 Å². The number of hydrogen-bond acceptors (Lipinski definition) is 4. The van der Waals surface area contributed by atoms with Crippen molar-refractivity contribution in [3.05, 3.63) is 72.1 Å². The van der Waals surface area contributed by atoms with E-state index in [1.807, 2.05) is 47.3 Å². The molecule has 0 aliphatic rings. The van der Waals surface area contributed by atoms with Crippen molar-refractivity contribution < 1.29 is 4.79 Å². The molecule has 7 nitrogen and oxygen atoms in total. The summed E-state index contributed by atoms with van der Waals surface area (Å²) in [6.07, 6.45) is 3.47. The summed E-state index contributed by atoms with van der Waals surface area (Å²) in [5.74, 6) is -0.170. The van der Waals surface area contributed by atoms with Gasteiger partial charge in [0.1, 0.15) is 12.1 Å². The van der Waals surface area contributed by atoms with Crippen molar-refractivity contribution in [2.45, 2.75) is 20.0 Å². The molecule has 0 saturated carbocycles. The van der Waals surface area contributed by atoms with Crippen molar-refractivity contribution in [1.82, 2.24) is 24.8 Å². The van der Waals surface area contributed by atoms with Crippen molar-refractivity contribution in [3.63, 3.8) is 0 Å². The second-order valence-electron chi connectivity index (χ2n) is 6.14. The van der Waals surface area contributed by atoms with Crippen LogP contribution in [0.4, 0.5) is 5.69 Å². The van der Waals surface area contributed by atoms with Crippen molar-refractivity contribution in [3.8, 4) is 0 Å². The zero-order valence-corrected chi connectivity index (χ0v) is 14.3. The van der Waals surface area contributed by atoms with E-state index in [1.54, 1.807) is 10.9 Å². The molecule has 0 aliphatic heterocycles. The van der Waals surface area contributed by atoms with E-state index < -0.39 is 0 Å². The van der Waals surface area contributed by atoms with Gasteiger partial charge in [-0.15, -0.1) is 5.10 Å². The molecule has 26 heavy (non-hydrogen) atoms. The Hall–Kier alpha value is -3.48. The van der Waals surface area contributed by atoms with Crippen LogP contribution >= 0.6 is 0 Å². The Morgan fingerprint density at radius 1 is 1.12 bits per heavy atom. The quantitative estimate of drug-likeness (QED) is 0.602. The lowest BCUT2D eigenvalue weighted by atomic mass is 10.1. The first-order valence-electron chi connectivity index (χ1n) is 8.34. The van der Waals surface area contributed by atoms with Crippen LogP contribution < -0.4 is 5.32 Å². The molecule has 0 atom stereocenters. The number of nitrogens with one attached hydrogen (secondary N) is 1. The molecule has 4 rings (SSSR count). The van der Waals surface area contributed by atoms with Crippen LogP contribution in [0.5, 0.6) is 0 Å². The van der Waals surface area contributed by atoms with Crippen molar-refractivity contribution in [1.29, 1.82) is 0 Å². The highest BCUT2D eigenvalue weighted by atomic mass is 16.2. The van der Waals surface area contributed by atoms with Crippen molar-refractivity contribution in [2.24, 2.45) is 0 Å². The van der Waals surface area contributed by atoms with Gasteiger partial charge in [0.05, 0.1) is 23.9 Å². The number of carbonyl (C=O) groups is 1. The number of aryl methyl sites for hydroxylation is 1. The molecule has 0 fully saturated rings. The molecule has 0 radical (unpaired) electrons. The summed E-state index contributed by atoms with van der Waals surface area (Å²) < 4.78 is 3.39. The summed E-state index contributed by atoms with van der Waals surface area (Å²) in [5.41, 5.74) is 4.67. The Morgan fingerprint density at radius 2 is 1.92 bits per heavy atom. The predicted molar refractivity (Wildman–Crippen MR) is 98.7 cm³/mol. The van der Waals surface area contributed by atoms with Crippen LogP contribution in [0.15, 0.2) is 60.9 Å². The molecule has 2 heterocycles. The van der Waals surface area contributed by atoms with Crippen LogP contribution in [0.3, 0.4) is 0 Å². The van der Waals surface area contributed by atoms with Gasteiger partial charge in [0.15, 0.2) is 0 Å². The number of amides is 1. The molecule has 0 unspecified atom stereocenters. The highest BCUT2D eigenvalue weighted by molar-refractivity contribution is 5.91. The summed E-state index contributed by atoms with van der Waals surface area (Å²) in [4.78, 5) is 12.3. The Morgan fingerprint density at radius 3 is 2.81 bits per heavy atom. The predicted octanol–water partition coefficient (Wildman–Crippen LogP) is 2.62. The fourth-order valence-electron chi connectivity index (χ4n) is 2.85. The van der Waals surface area contributed by atoms with Crippen LogP contribution in [0.1, 0.15) is 11.1 Å². The molecule has 4 aromatic rings. The summed E-state index contributed by atoms with van der Waals surface area (Å²) in [5, 5.41) is 15.3. The number of aromatic nitrogens is 5. The number of rotatable bonds is 5. The van der Waals surface area contributed by atoms with Crippen LogP contribution in [0.2, 0.25) is 0 Å². The second-order valence-corrected chi connectivity index (χ2v) is 6.14. The maximum atomic E-state index is 12.3. The average molecular weight is 346 g/mol. The lowest BCUT2D eigenvalue weighted by Crippen LogP contribution is -2.19. The number of fused-ring (bicyclic) bond motifs is 1. The van der Waals surface area contributed by atoms with E-state index in [1.165, 1.54) is 11.1 Å². The molecular weight excluding hydrogens is 328 g/mol. The minimum Gasteiger partial charge on any atom is -0.322 e. The largest absolute Gasteiger partial charge is 0.322 e. The number of para-hydroxylation sites is 1. The topological polar surface area (TPSA) is 77.6 Å². The van der Waals surface area contributed by atoms with Crippen molar-refractivity contribution in [2.75, 3.05) is 5.32 Å². The molecule has 2 aromatic heterocycles. The highest BCUT2D eigenvalue weighted by Crippen LogP contribution is 2.12. The van der Waals surface area contributed by atoms with Gasteiger partial charge in [0.25, 0.3) is 0 Å². The third kappa shape index (κ3) is 3.32. The van der Waals surface area contributed by atoms with Gasteiger partial charge in [-0.3, -0.25) is 9.48 Å². The van der Waals surface area contributed by atoms with Gasteiger partial charge in [-0.05, 0) is 30.2 Å². The molecule has 0 spiro atoms. The Balaban J connectivity index is 1.42. The number of carbonyl (C=O) groups excluding carboxylic acids is 1. The van der Waals surface area contributed by atoms with Crippen LogP contribution in [0, 0.1) is 6.92 Å².